The number of carbonyl (C=O) groups is 1. The van der Waals surface area contributed by atoms with Crippen molar-refractivity contribution in [1.82, 2.24) is 25.1 Å². The molecule has 0 aliphatic carbocycles. The molecule has 34 heavy (non-hydrogen) atoms. The summed E-state index contributed by atoms with van der Waals surface area (Å²) in [6.07, 6.45) is 3.22. The minimum atomic E-state index is -0.158. The van der Waals surface area contributed by atoms with Crippen molar-refractivity contribution in [2.75, 3.05) is 31.6 Å². The Labute approximate surface area is 206 Å². The van der Waals surface area contributed by atoms with E-state index in [9.17, 15) is 4.79 Å². The van der Waals surface area contributed by atoms with Gasteiger partial charge in [0.25, 0.3) is 0 Å². The third-order valence-corrected chi connectivity index (χ3v) is 7.09. The SMILES string of the molecule is CC(=O)Nc1cc(-c2cc(C(c3ccc(Cl)cc3)N3CCOCC3)c(-c3ncn[nH]3)s2)ccn1. The highest BCUT2D eigenvalue weighted by Crippen LogP contribution is 2.44. The molecule has 0 radical (unpaired) electrons. The Kier molecular flexibility index (Phi) is 6.68. The number of carbonyl (C=O) groups excluding carboxylic acids is 1. The molecule has 8 nitrogen and oxygen atoms in total. The number of hydrogen-bond acceptors (Lipinski definition) is 7. The van der Waals surface area contributed by atoms with Crippen LogP contribution in [0.25, 0.3) is 21.1 Å². The molecule has 4 aromatic rings. The summed E-state index contributed by atoms with van der Waals surface area (Å²) in [5.74, 6) is 1.08. The van der Waals surface area contributed by atoms with Crippen molar-refractivity contribution in [2.24, 2.45) is 0 Å². The van der Waals surface area contributed by atoms with Crippen LogP contribution in [0, 0.1) is 0 Å². The first kappa shape index (κ1) is 22.7. The van der Waals surface area contributed by atoms with Gasteiger partial charge in [0.05, 0.1) is 24.1 Å². The summed E-state index contributed by atoms with van der Waals surface area (Å²) in [5, 5.41) is 10.6. The fourth-order valence-corrected chi connectivity index (χ4v) is 5.41. The van der Waals surface area contributed by atoms with E-state index in [1.807, 2.05) is 24.3 Å². The van der Waals surface area contributed by atoms with E-state index in [1.54, 1.807) is 17.5 Å². The van der Waals surface area contributed by atoms with Crippen LogP contribution >= 0.6 is 22.9 Å². The van der Waals surface area contributed by atoms with Crippen LogP contribution in [0.2, 0.25) is 5.02 Å². The zero-order chi connectivity index (χ0) is 23.5. The standard InChI is InChI=1S/C24H23ClN6O2S/c1-15(32)29-21-12-17(6-7-26-21)20-13-19(23(34-20)24-27-14-28-30-24)22(31-8-10-33-11-9-31)16-2-4-18(25)5-3-16/h2-7,12-14,22H,8-11H2,1H3,(H,26,29,32)(H,27,28,30). The smallest absolute Gasteiger partial charge is 0.222 e. The number of nitrogens with one attached hydrogen (secondary N) is 2. The number of aromatic nitrogens is 4. The maximum Gasteiger partial charge on any atom is 0.222 e. The predicted octanol–water partition coefficient (Wildman–Crippen LogP) is 4.63. The molecule has 1 amide bonds. The van der Waals surface area contributed by atoms with Crippen molar-refractivity contribution >= 4 is 34.7 Å². The minimum Gasteiger partial charge on any atom is -0.379 e. The van der Waals surface area contributed by atoms with Gasteiger partial charge in [-0.15, -0.1) is 11.3 Å². The van der Waals surface area contributed by atoms with Crippen molar-refractivity contribution in [3.05, 3.63) is 71.1 Å². The van der Waals surface area contributed by atoms with Crippen LogP contribution in [0.5, 0.6) is 0 Å². The number of aromatic amines is 1. The highest BCUT2D eigenvalue weighted by molar-refractivity contribution is 7.19. The molecule has 0 bridgehead atoms. The summed E-state index contributed by atoms with van der Waals surface area (Å²) in [4.78, 5) is 24.7. The second kappa shape index (κ2) is 10.0. The first-order valence-corrected chi connectivity index (χ1v) is 12.1. The Morgan fingerprint density at radius 1 is 1.18 bits per heavy atom. The summed E-state index contributed by atoms with van der Waals surface area (Å²) >= 11 is 7.83. The molecule has 1 saturated heterocycles. The molecule has 1 unspecified atom stereocenters. The van der Waals surface area contributed by atoms with Crippen LogP contribution < -0.4 is 5.32 Å². The first-order valence-electron chi connectivity index (χ1n) is 10.9. The largest absolute Gasteiger partial charge is 0.379 e. The number of benzene rings is 1. The van der Waals surface area contributed by atoms with E-state index in [0.717, 1.165) is 45.4 Å². The molecule has 3 aromatic heterocycles. The van der Waals surface area contributed by atoms with Gasteiger partial charge in [0.2, 0.25) is 5.91 Å². The van der Waals surface area contributed by atoms with Crippen LogP contribution in [-0.2, 0) is 9.53 Å². The number of anilines is 1. The van der Waals surface area contributed by atoms with Gasteiger partial charge in [-0.2, -0.15) is 5.10 Å². The summed E-state index contributed by atoms with van der Waals surface area (Å²) in [5.41, 5.74) is 3.23. The molecule has 2 N–H and O–H groups in total. The monoisotopic (exact) mass is 494 g/mol. The van der Waals surface area contributed by atoms with Gasteiger partial charge in [-0.3, -0.25) is 14.8 Å². The summed E-state index contributed by atoms with van der Waals surface area (Å²) in [7, 11) is 0. The van der Waals surface area contributed by atoms with E-state index < -0.39 is 0 Å². The van der Waals surface area contributed by atoms with E-state index in [1.165, 1.54) is 13.3 Å². The third-order valence-electron chi connectivity index (χ3n) is 5.63. The van der Waals surface area contributed by atoms with Crippen molar-refractivity contribution in [3.63, 3.8) is 0 Å². The van der Waals surface area contributed by atoms with Crippen molar-refractivity contribution in [3.8, 4) is 21.1 Å². The predicted molar refractivity (Wildman–Crippen MR) is 133 cm³/mol. The van der Waals surface area contributed by atoms with Crippen LogP contribution in [-0.4, -0.2) is 57.3 Å². The quantitative estimate of drug-likeness (QED) is 0.406. The summed E-state index contributed by atoms with van der Waals surface area (Å²) < 4.78 is 5.63. The minimum absolute atomic E-state index is 0.0112. The molecule has 1 fully saturated rings. The van der Waals surface area contributed by atoms with E-state index in [0.29, 0.717) is 24.1 Å². The number of amides is 1. The molecule has 174 valence electrons. The zero-order valence-electron chi connectivity index (χ0n) is 18.5. The Morgan fingerprint density at radius 2 is 1.97 bits per heavy atom. The van der Waals surface area contributed by atoms with Crippen LogP contribution in [0.1, 0.15) is 24.1 Å². The summed E-state index contributed by atoms with van der Waals surface area (Å²) in [6, 6.07) is 14.0. The molecule has 10 heteroatoms. The Hall–Kier alpha value is -3.11. The molecular formula is C24H23ClN6O2S. The fraction of sp³-hybridized carbons (Fsp3) is 0.250. The maximum atomic E-state index is 11.5. The van der Waals surface area contributed by atoms with Gasteiger partial charge in [-0.25, -0.2) is 9.97 Å². The molecular weight excluding hydrogens is 472 g/mol. The molecule has 4 heterocycles. The average Bonchev–Trinajstić information content (AvgIpc) is 3.51. The van der Waals surface area contributed by atoms with Crippen molar-refractivity contribution in [1.29, 1.82) is 0 Å². The molecule has 5 rings (SSSR count). The highest BCUT2D eigenvalue weighted by Gasteiger charge is 2.29. The van der Waals surface area contributed by atoms with E-state index in [-0.39, 0.29) is 11.9 Å². The average molecular weight is 495 g/mol. The molecule has 1 aliphatic heterocycles. The van der Waals surface area contributed by atoms with Gasteiger partial charge in [0.1, 0.15) is 12.1 Å². The Bertz CT molecular complexity index is 1270. The van der Waals surface area contributed by atoms with Gasteiger partial charge < -0.3 is 10.1 Å². The number of pyridine rings is 1. The normalized spacial score (nSPS) is 15.2. The molecule has 1 aromatic carbocycles. The lowest BCUT2D eigenvalue weighted by Crippen LogP contribution is -2.39. The summed E-state index contributed by atoms with van der Waals surface area (Å²) in [6.45, 7) is 4.47. The van der Waals surface area contributed by atoms with E-state index in [4.69, 9.17) is 16.3 Å². The number of morpholine rings is 1. The number of H-pyrrole nitrogens is 1. The fourth-order valence-electron chi connectivity index (χ4n) is 4.15. The van der Waals surface area contributed by atoms with Gasteiger partial charge in [0, 0.05) is 36.1 Å². The first-order chi connectivity index (χ1) is 16.6. The lowest BCUT2D eigenvalue weighted by Gasteiger charge is -2.35. The van der Waals surface area contributed by atoms with Gasteiger partial charge in [-0.05, 0) is 47.0 Å². The molecule has 1 aliphatic rings. The van der Waals surface area contributed by atoms with Crippen molar-refractivity contribution in [2.45, 2.75) is 13.0 Å². The second-order valence-electron chi connectivity index (χ2n) is 7.94. The lowest BCUT2D eigenvalue weighted by atomic mass is 9.96. The highest BCUT2D eigenvalue weighted by atomic mass is 35.5. The zero-order valence-corrected chi connectivity index (χ0v) is 20.1. The van der Waals surface area contributed by atoms with Gasteiger partial charge in [0.15, 0.2) is 5.82 Å². The topological polar surface area (TPSA) is 96.0 Å². The van der Waals surface area contributed by atoms with Crippen molar-refractivity contribution < 1.29 is 9.53 Å². The lowest BCUT2D eigenvalue weighted by molar-refractivity contribution is -0.114. The van der Waals surface area contributed by atoms with Gasteiger partial charge in [-0.1, -0.05) is 23.7 Å². The number of thiophene rings is 1. The number of rotatable bonds is 6. The Balaban J connectivity index is 1.64. The molecule has 0 saturated carbocycles. The third kappa shape index (κ3) is 4.88. The molecule has 0 spiro atoms. The second-order valence-corrected chi connectivity index (χ2v) is 9.43. The number of hydrogen-bond donors (Lipinski definition) is 2. The van der Waals surface area contributed by atoms with Crippen LogP contribution in [0.15, 0.2) is 55.0 Å². The maximum absolute atomic E-state index is 11.5. The van der Waals surface area contributed by atoms with E-state index >= 15 is 0 Å². The molecule has 1 atom stereocenters. The van der Waals surface area contributed by atoms with Crippen LogP contribution in [0.4, 0.5) is 5.82 Å². The van der Waals surface area contributed by atoms with E-state index in [2.05, 4.69) is 48.6 Å². The van der Waals surface area contributed by atoms with Gasteiger partial charge >= 0.3 is 0 Å². The number of halogens is 1. The number of nitrogens with zero attached hydrogens (tertiary/aromatic N) is 4. The Morgan fingerprint density at radius 3 is 2.68 bits per heavy atom. The number of ether oxygens (including phenoxy) is 1. The van der Waals surface area contributed by atoms with Crippen LogP contribution in [0.3, 0.4) is 0 Å².